The molecule has 0 saturated heterocycles. The van der Waals surface area contributed by atoms with E-state index in [0.29, 0.717) is 17.6 Å². The van der Waals surface area contributed by atoms with E-state index >= 15 is 0 Å². The molecule has 0 aromatic carbocycles. The average Bonchev–Trinajstić information content (AvgIpc) is 2.99. The molecule has 0 spiro atoms. The highest BCUT2D eigenvalue weighted by Gasteiger charge is 2.04. The average molecular weight is 245 g/mol. The lowest BCUT2D eigenvalue weighted by Crippen LogP contribution is -2.21. The van der Waals surface area contributed by atoms with Crippen LogP contribution in [0.4, 0.5) is 0 Å². The van der Waals surface area contributed by atoms with Crippen molar-refractivity contribution in [3.8, 4) is 0 Å². The number of rotatable bonds is 3. The van der Waals surface area contributed by atoms with Crippen molar-refractivity contribution >= 4 is 22.4 Å². The van der Waals surface area contributed by atoms with E-state index in [-0.39, 0.29) is 5.56 Å². The number of aromatic amines is 1. The third kappa shape index (κ3) is 1.89. The SMILES string of the molecule is O=c1c2cc[nH]c2ncn1CCc1ccsc1. The summed E-state index contributed by atoms with van der Waals surface area (Å²) in [6.45, 7) is 0.670. The smallest absolute Gasteiger partial charge is 0.262 e. The van der Waals surface area contributed by atoms with Gasteiger partial charge < -0.3 is 4.98 Å². The van der Waals surface area contributed by atoms with Crippen molar-refractivity contribution in [3.05, 3.63) is 51.3 Å². The van der Waals surface area contributed by atoms with Gasteiger partial charge in [0, 0.05) is 12.7 Å². The molecule has 17 heavy (non-hydrogen) atoms. The minimum Gasteiger partial charge on any atom is -0.346 e. The van der Waals surface area contributed by atoms with Gasteiger partial charge in [0.1, 0.15) is 5.65 Å². The van der Waals surface area contributed by atoms with Crippen LogP contribution < -0.4 is 5.56 Å². The van der Waals surface area contributed by atoms with Crippen molar-refractivity contribution in [1.82, 2.24) is 14.5 Å². The van der Waals surface area contributed by atoms with Crippen LogP contribution in [0, 0.1) is 0 Å². The van der Waals surface area contributed by atoms with Crippen LogP contribution >= 0.6 is 11.3 Å². The number of nitrogens with one attached hydrogen (secondary N) is 1. The highest BCUT2D eigenvalue weighted by Crippen LogP contribution is 2.08. The lowest BCUT2D eigenvalue weighted by molar-refractivity contribution is 0.663. The van der Waals surface area contributed by atoms with Crippen LogP contribution in [0.1, 0.15) is 5.56 Å². The van der Waals surface area contributed by atoms with Crippen molar-refractivity contribution < 1.29 is 0 Å². The van der Waals surface area contributed by atoms with Crippen molar-refractivity contribution in [2.75, 3.05) is 0 Å². The second-order valence-corrected chi connectivity index (χ2v) is 4.64. The fourth-order valence-corrected chi connectivity index (χ4v) is 2.52. The zero-order chi connectivity index (χ0) is 11.7. The Morgan fingerprint density at radius 3 is 3.18 bits per heavy atom. The molecule has 0 aliphatic rings. The standard InChI is InChI=1S/C12H11N3OS/c16-12-10-1-4-13-11(10)14-8-15(12)5-2-9-3-6-17-7-9/h1,3-4,6-8,13H,2,5H2. The molecular weight excluding hydrogens is 234 g/mol. The molecule has 86 valence electrons. The Hall–Kier alpha value is -1.88. The second kappa shape index (κ2) is 4.18. The van der Waals surface area contributed by atoms with Gasteiger partial charge in [-0.2, -0.15) is 11.3 Å². The summed E-state index contributed by atoms with van der Waals surface area (Å²) >= 11 is 1.67. The zero-order valence-corrected chi connectivity index (χ0v) is 9.91. The van der Waals surface area contributed by atoms with Gasteiger partial charge in [-0.15, -0.1) is 0 Å². The summed E-state index contributed by atoms with van der Waals surface area (Å²) in [6, 6.07) is 3.85. The van der Waals surface area contributed by atoms with E-state index in [9.17, 15) is 4.79 Å². The van der Waals surface area contributed by atoms with Crippen LogP contribution in [0.15, 0.2) is 40.2 Å². The van der Waals surface area contributed by atoms with Gasteiger partial charge in [0.05, 0.1) is 11.7 Å². The lowest BCUT2D eigenvalue weighted by atomic mass is 10.2. The van der Waals surface area contributed by atoms with E-state index in [1.807, 2.05) is 5.38 Å². The molecule has 4 nitrogen and oxygen atoms in total. The Labute approximate surface area is 102 Å². The molecule has 0 aliphatic heterocycles. The van der Waals surface area contributed by atoms with E-state index in [4.69, 9.17) is 0 Å². The fourth-order valence-electron chi connectivity index (χ4n) is 1.82. The zero-order valence-electron chi connectivity index (χ0n) is 9.09. The largest absolute Gasteiger partial charge is 0.346 e. The number of hydrogen-bond acceptors (Lipinski definition) is 3. The summed E-state index contributed by atoms with van der Waals surface area (Å²) in [5.74, 6) is 0. The quantitative estimate of drug-likeness (QED) is 0.767. The van der Waals surface area contributed by atoms with Crippen LogP contribution in [0.3, 0.4) is 0 Å². The predicted octanol–water partition coefficient (Wildman–Crippen LogP) is 2.03. The molecule has 0 atom stereocenters. The molecule has 0 amide bonds. The highest BCUT2D eigenvalue weighted by molar-refractivity contribution is 7.07. The van der Waals surface area contributed by atoms with Crippen molar-refractivity contribution in [1.29, 1.82) is 0 Å². The molecule has 0 unspecified atom stereocenters. The maximum Gasteiger partial charge on any atom is 0.262 e. The Bertz CT molecular complexity index is 681. The van der Waals surface area contributed by atoms with Crippen LogP contribution in [-0.4, -0.2) is 14.5 Å². The Kier molecular flexibility index (Phi) is 2.53. The van der Waals surface area contributed by atoms with Gasteiger partial charge in [-0.05, 0) is 34.9 Å². The molecule has 0 radical (unpaired) electrons. The van der Waals surface area contributed by atoms with Gasteiger partial charge in [-0.3, -0.25) is 9.36 Å². The van der Waals surface area contributed by atoms with Gasteiger partial charge in [-0.25, -0.2) is 4.98 Å². The van der Waals surface area contributed by atoms with Gasteiger partial charge in [0.25, 0.3) is 5.56 Å². The molecule has 0 aliphatic carbocycles. The Morgan fingerprint density at radius 2 is 2.35 bits per heavy atom. The number of hydrogen-bond donors (Lipinski definition) is 1. The number of nitrogens with zero attached hydrogens (tertiary/aromatic N) is 2. The number of thiophene rings is 1. The third-order valence-corrected chi connectivity index (χ3v) is 3.50. The van der Waals surface area contributed by atoms with Crippen LogP contribution in [0.25, 0.3) is 11.0 Å². The van der Waals surface area contributed by atoms with Crippen molar-refractivity contribution in [2.45, 2.75) is 13.0 Å². The molecule has 0 bridgehead atoms. The second-order valence-electron chi connectivity index (χ2n) is 3.86. The number of aromatic nitrogens is 3. The summed E-state index contributed by atoms with van der Waals surface area (Å²) in [5, 5.41) is 4.80. The third-order valence-electron chi connectivity index (χ3n) is 2.76. The van der Waals surface area contributed by atoms with Crippen LogP contribution in [0.2, 0.25) is 0 Å². The van der Waals surface area contributed by atoms with Crippen LogP contribution in [0.5, 0.6) is 0 Å². The molecule has 3 heterocycles. The van der Waals surface area contributed by atoms with Gasteiger partial charge in [-0.1, -0.05) is 0 Å². The first kappa shape index (κ1) is 10.3. The number of H-pyrrole nitrogens is 1. The van der Waals surface area contributed by atoms with E-state index in [1.54, 1.807) is 34.5 Å². The van der Waals surface area contributed by atoms with Crippen molar-refractivity contribution in [3.63, 3.8) is 0 Å². The first-order chi connectivity index (χ1) is 8.34. The van der Waals surface area contributed by atoms with E-state index in [0.717, 1.165) is 6.42 Å². The fraction of sp³-hybridized carbons (Fsp3) is 0.167. The van der Waals surface area contributed by atoms with Gasteiger partial charge in [0.2, 0.25) is 0 Å². The lowest BCUT2D eigenvalue weighted by Gasteiger charge is -2.03. The maximum atomic E-state index is 12.1. The number of fused-ring (bicyclic) bond motifs is 1. The summed E-state index contributed by atoms with van der Waals surface area (Å²) in [4.78, 5) is 19.2. The van der Waals surface area contributed by atoms with E-state index in [2.05, 4.69) is 21.4 Å². The predicted molar refractivity (Wildman–Crippen MR) is 68.4 cm³/mol. The molecule has 3 aromatic rings. The monoisotopic (exact) mass is 245 g/mol. The van der Waals surface area contributed by atoms with Gasteiger partial charge >= 0.3 is 0 Å². The first-order valence-electron chi connectivity index (χ1n) is 5.38. The minimum atomic E-state index is 0.0199. The number of aryl methyl sites for hydroxylation is 2. The maximum absolute atomic E-state index is 12.1. The Morgan fingerprint density at radius 1 is 1.41 bits per heavy atom. The van der Waals surface area contributed by atoms with Crippen LogP contribution in [-0.2, 0) is 13.0 Å². The Balaban J connectivity index is 1.90. The van der Waals surface area contributed by atoms with Gasteiger partial charge in [0.15, 0.2) is 0 Å². The normalized spacial score (nSPS) is 11.1. The molecule has 5 heteroatoms. The minimum absolute atomic E-state index is 0.0199. The summed E-state index contributed by atoms with van der Waals surface area (Å²) < 4.78 is 1.66. The topological polar surface area (TPSA) is 50.7 Å². The molecule has 0 saturated carbocycles. The molecular formula is C12H11N3OS. The summed E-state index contributed by atoms with van der Waals surface area (Å²) in [5.41, 5.74) is 1.93. The molecule has 0 fully saturated rings. The van der Waals surface area contributed by atoms with E-state index < -0.39 is 0 Å². The molecule has 3 aromatic heterocycles. The summed E-state index contributed by atoms with van der Waals surface area (Å²) in [7, 11) is 0. The first-order valence-corrected chi connectivity index (χ1v) is 6.32. The molecule has 3 rings (SSSR count). The summed E-state index contributed by atoms with van der Waals surface area (Å²) in [6.07, 6.45) is 4.21. The van der Waals surface area contributed by atoms with E-state index in [1.165, 1.54) is 5.56 Å². The highest BCUT2D eigenvalue weighted by atomic mass is 32.1. The molecule has 1 N–H and O–H groups in total. The van der Waals surface area contributed by atoms with Crippen molar-refractivity contribution in [2.24, 2.45) is 0 Å².